The van der Waals surface area contributed by atoms with Gasteiger partial charge in [0.1, 0.15) is 3.41 Å². The lowest BCUT2D eigenvalue weighted by molar-refractivity contribution is 0.792. The first-order valence-corrected chi connectivity index (χ1v) is 8.85. The summed E-state index contributed by atoms with van der Waals surface area (Å²) >= 11 is 8.24. The first kappa shape index (κ1) is 10.1. The van der Waals surface area contributed by atoms with E-state index in [2.05, 4.69) is 54.3 Å². The van der Waals surface area contributed by atoms with Gasteiger partial charge in [-0.15, -0.1) is 47.0 Å². The molecule has 0 spiro atoms. The van der Waals surface area contributed by atoms with Gasteiger partial charge in [0.15, 0.2) is 0 Å². The number of fused-ring (bicyclic) bond motifs is 1. The fourth-order valence-electron chi connectivity index (χ4n) is 2.25. The van der Waals surface area contributed by atoms with Gasteiger partial charge < -0.3 is 0 Å². The van der Waals surface area contributed by atoms with Crippen molar-refractivity contribution in [2.75, 3.05) is 12.5 Å². The van der Waals surface area contributed by atoms with Crippen LogP contribution >= 0.6 is 47.0 Å². The molecular weight excluding hydrogens is 248 g/mol. The van der Waals surface area contributed by atoms with Crippen molar-refractivity contribution in [3.05, 3.63) is 23.1 Å². The highest BCUT2D eigenvalue weighted by atomic mass is 32.3. The van der Waals surface area contributed by atoms with Crippen LogP contribution in [0.4, 0.5) is 0 Å². The maximum Gasteiger partial charge on any atom is 0.127 e. The minimum Gasteiger partial charge on any atom is -0.134 e. The zero-order valence-corrected chi connectivity index (χ0v) is 11.4. The Morgan fingerprint density at radius 2 is 2.14 bits per heavy atom. The largest absolute Gasteiger partial charge is 0.134 e. The van der Waals surface area contributed by atoms with E-state index in [0.29, 0.717) is 3.41 Å². The zero-order chi connectivity index (χ0) is 9.76. The lowest BCUT2D eigenvalue weighted by Crippen LogP contribution is -2.22. The SMILES string of the molecule is CSC1=C[C@]2(SC)S[C@@H]3[C@@H](C=C[C@@H]13)S2. The smallest absolute Gasteiger partial charge is 0.127 e. The van der Waals surface area contributed by atoms with E-state index in [0.717, 1.165) is 16.4 Å². The van der Waals surface area contributed by atoms with Gasteiger partial charge in [0.2, 0.25) is 0 Å². The van der Waals surface area contributed by atoms with Crippen molar-refractivity contribution in [3.8, 4) is 0 Å². The summed E-state index contributed by atoms with van der Waals surface area (Å²) in [6.45, 7) is 0. The molecule has 3 rings (SSSR count). The van der Waals surface area contributed by atoms with Gasteiger partial charge in [-0.05, 0) is 23.5 Å². The molecular formula is C10H12S4. The Kier molecular flexibility index (Phi) is 2.47. The Morgan fingerprint density at radius 3 is 2.86 bits per heavy atom. The summed E-state index contributed by atoms with van der Waals surface area (Å²) in [6, 6.07) is 0. The van der Waals surface area contributed by atoms with Crippen LogP contribution in [0.25, 0.3) is 0 Å². The number of hydrogen-bond acceptors (Lipinski definition) is 4. The predicted octanol–water partition coefficient (Wildman–Crippen LogP) is 3.67. The highest BCUT2D eigenvalue weighted by molar-refractivity contribution is 8.36. The minimum absolute atomic E-state index is 0.328. The first-order valence-electron chi connectivity index (χ1n) is 4.64. The minimum atomic E-state index is 0.328. The van der Waals surface area contributed by atoms with Gasteiger partial charge in [-0.3, -0.25) is 0 Å². The third-order valence-electron chi connectivity index (χ3n) is 2.95. The molecule has 2 aliphatic heterocycles. The van der Waals surface area contributed by atoms with Crippen molar-refractivity contribution in [2.24, 2.45) is 5.92 Å². The van der Waals surface area contributed by atoms with Crippen LogP contribution in [0.15, 0.2) is 23.1 Å². The van der Waals surface area contributed by atoms with E-state index in [1.165, 1.54) is 0 Å². The monoisotopic (exact) mass is 260 g/mol. The highest BCUT2D eigenvalue weighted by Gasteiger charge is 2.53. The lowest BCUT2D eigenvalue weighted by Gasteiger charge is -2.31. The van der Waals surface area contributed by atoms with E-state index in [1.807, 2.05) is 23.5 Å². The van der Waals surface area contributed by atoms with Crippen molar-refractivity contribution >= 4 is 47.0 Å². The van der Waals surface area contributed by atoms with Gasteiger partial charge in [0.25, 0.3) is 0 Å². The summed E-state index contributed by atoms with van der Waals surface area (Å²) in [4.78, 5) is 1.59. The predicted molar refractivity (Wildman–Crippen MR) is 73.2 cm³/mol. The molecule has 4 heteroatoms. The average molecular weight is 260 g/mol. The molecule has 1 aliphatic carbocycles. The number of hydrogen-bond donors (Lipinski definition) is 0. The van der Waals surface area contributed by atoms with E-state index >= 15 is 0 Å². The summed E-state index contributed by atoms with van der Waals surface area (Å²) < 4.78 is 0.328. The summed E-state index contributed by atoms with van der Waals surface area (Å²) in [5.74, 6) is 0.718. The van der Waals surface area contributed by atoms with Crippen molar-refractivity contribution in [2.45, 2.75) is 13.9 Å². The molecule has 4 atom stereocenters. The molecule has 1 saturated heterocycles. The second kappa shape index (κ2) is 3.44. The molecule has 1 fully saturated rings. The van der Waals surface area contributed by atoms with Crippen LogP contribution < -0.4 is 0 Å². The van der Waals surface area contributed by atoms with E-state index in [-0.39, 0.29) is 0 Å². The molecule has 0 amide bonds. The van der Waals surface area contributed by atoms with Crippen molar-refractivity contribution in [3.63, 3.8) is 0 Å². The average Bonchev–Trinajstić information content (AvgIpc) is 2.69. The molecule has 14 heavy (non-hydrogen) atoms. The summed E-state index contributed by atoms with van der Waals surface area (Å²) in [6.07, 6.45) is 11.8. The molecule has 0 aromatic rings. The van der Waals surface area contributed by atoms with Crippen LogP contribution in [-0.2, 0) is 0 Å². The standard InChI is InChI=1S/C10H12S4/c1-11-8-5-10(12-2)13-7-4-3-6(8)9(7)14-10/h3-7,9H,1-2H3/t6-,7+,9-,10+/m0/s1. The van der Waals surface area contributed by atoms with E-state index in [4.69, 9.17) is 0 Å². The molecule has 0 nitrogen and oxygen atoms in total. The van der Waals surface area contributed by atoms with Gasteiger partial charge in [0.05, 0.1) is 0 Å². The van der Waals surface area contributed by atoms with Gasteiger partial charge in [0, 0.05) is 16.4 Å². The quantitative estimate of drug-likeness (QED) is 0.695. The summed E-state index contributed by atoms with van der Waals surface area (Å²) in [7, 11) is 0. The van der Waals surface area contributed by atoms with Crippen LogP contribution in [-0.4, -0.2) is 26.4 Å². The Labute approximate surface area is 102 Å². The third-order valence-corrected chi connectivity index (χ3v) is 9.30. The molecule has 2 bridgehead atoms. The van der Waals surface area contributed by atoms with E-state index in [1.54, 1.807) is 4.91 Å². The Bertz CT molecular complexity index is 322. The maximum atomic E-state index is 2.50. The normalized spacial score (nSPS) is 48.4. The van der Waals surface area contributed by atoms with Gasteiger partial charge in [-0.2, -0.15) is 0 Å². The van der Waals surface area contributed by atoms with Crippen molar-refractivity contribution in [1.29, 1.82) is 0 Å². The lowest BCUT2D eigenvalue weighted by atomic mass is 10.1. The molecule has 76 valence electrons. The van der Waals surface area contributed by atoms with Crippen LogP contribution in [0.2, 0.25) is 0 Å². The Balaban J connectivity index is 2.05. The Morgan fingerprint density at radius 1 is 1.29 bits per heavy atom. The second-order valence-electron chi connectivity index (χ2n) is 3.63. The molecule has 0 unspecified atom stereocenters. The van der Waals surface area contributed by atoms with Gasteiger partial charge in [-0.25, -0.2) is 0 Å². The van der Waals surface area contributed by atoms with Gasteiger partial charge in [-0.1, -0.05) is 12.2 Å². The van der Waals surface area contributed by atoms with E-state index in [9.17, 15) is 0 Å². The second-order valence-corrected chi connectivity index (χ2v) is 9.19. The topological polar surface area (TPSA) is 0 Å². The molecule has 0 saturated carbocycles. The summed E-state index contributed by atoms with van der Waals surface area (Å²) in [5, 5.41) is 1.58. The number of allylic oxidation sites excluding steroid dienone is 2. The third kappa shape index (κ3) is 1.27. The van der Waals surface area contributed by atoms with Crippen molar-refractivity contribution in [1.82, 2.24) is 0 Å². The zero-order valence-electron chi connectivity index (χ0n) is 8.10. The molecule has 3 aliphatic rings. The Hall–Kier alpha value is 0.880. The molecule has 0 aromatic heterocycles. The fourth-order valence-corrected chi connectivity index (χ4v) is 8.49. The van der Waals surface area contributed by atoms with Crippen LogP contribution in [0.1, 0.15) is 0 Å². The van der Waals surface area contributed by atoms with Crippen LogP contribution in [0, 0.1) is 5.92 Å². The molecule has 0 aromatic carbocycles. The molecule has 0 N–H and O–H groups in total. The molecule has 0 radical (unpaired) electrons. The maximum absolute atomic E-state index is 2.50. The highest BCUT2D eigenvalue weighted by Crippen LogP contribution is 2.67. The van der Waals surface area contributed by atoms with E-state index < -0.39 is 0 Å². The van der Waals surface area contributed by atoms with Gasteiger partial charge >= 0.3 is 0 Å². The summed E-state index contributed by atoms with van der Waals surface area (Å²) in [5.41, 5.74) is 0. The first-order chi connectivity index (χ1) is 6.78. The number of thioether (sulfide) groups is 4. The molecule has 2 heterocycles. The number of rotatable bonds is 2. The van der Waals surface area contributed by atoms with Crippen LogP contribution in [0.5, 0.6) is 0 Å². The fraction of sp³-hybridized carbons (Fsp3) is 0.600. The van der Waals surface area contributed by atoms with Crippen LogP contribution in [0.3, 0.4) is 0 Å². The van der Waals surface area contributed by atoms with Crippen molar-refractivity contribution < 1.29 is 0 Å².